The fraction of sp³-hybridized carbons (Fsp3) is 0.500. The van der Waals surface area contributed by atoms with E-state index in [1.54, 1.807) is 0 Å². The van der Waals surface area contributed by atoms with Crippen LogP contribution in [0.2, 0.25) is 0 Å². The first-order valence-corrected chi connectivity index (χ1v) is 9.98. The second-order valence-electron chi connectivity index (χ2n) is 8.64. The van der Waals surface area contributed by atoms with Gasteiger partial charge in [0.25, 0.3) is 0 Å². The summed E-state index contributed by atoms with van der Waals surface area (Å²) in [4.78, 5) is 0. The average Bonchev–Trinajstić information content (AvgIpc) is 2.60. The molecule has 3 nitrogen and oxygen atoms in total. The summed E-state index contributed by atoms with van der Waals surface area (Å²) >= 11 is 0. The van der Waals surface area contributed by atoms with Gasteiger partial charge >= 0.3 is 0 Å². The fourth-order valence-electron chi connectivity index (χ4n) is 2.65. The van der Waals surface area contributed by atoms with Gasteiger partial charge in [-0.25, -0.2) is 0 Å². The minimum Gasteiger partial charge on any atom is -0.494 e. The molecule has 0 aromatic heterocycles. The zero-order valence-electron chi connectivity index (χ0n) is 17.7. The SMILES string of the molecule is CC(C)CCOc1ccc(NCC(C)Oc2ccc(C(C)(C)C)cc2)cc1. The van der Waals surface area contributed by atoms with Gasteiger partial charge < -0.3 is 14.8 Å². The molecule has 3 heteroatoms. The number of nitrogens with one attached hydrogen (secondary N) is 1. The summed E-state index contributed by atoms with van der Waals surface area (Å²) in [6, 6.07) is 16.5. The van der Waals surface area contributed by atoms with Crippen molar-refractivity contribution in [3.63, 3.8) is 0 Å². The van der Waals surface area contributed by atoms with Crippen molar-refractivity contribution in [1.29, 1.82) is 0 Å². The fourth-order valence-corrected chi connectivity index (χ4v) is 2.65. The van der Waals surface area contributed by atoms with Crippen molar-refractivity contribution in [3.05, 3.63) is 54.1 Å². The predicted octanol–water partition coefficient (Wildman–Crippen LogP) is 6.29. The number of ether oxygens (including phenoxy) is 2. The Labute approximate surface area is 165 Å². The molecule has 0 saturated carbocycles. The molecule has 0 saturated heterocycles. The van der Waals surface area contributed by atoms with Gasteiger partial charge in [0.05, 0.1) is 13.2 Å². The van der Waals surface area contributed by atoms with Crippen LogP contribution in [0.25, 0.3) is 0 Å². The van der Waals surface area contributed by atoms with E-state index in [2.05, 4.69) is 83.3 Å². The van der Waals surface area contributed by atoms with E-state index in [1.807, 2.05) is 12.1 Å². The number of anilines is 1. The topological polar surface area (TPSA) is 30.5 Å². The highest BCUT2D eigenvalue weighted by molar-refractivity contribution is 5.46. The van der Waals surface area contributed by atoms with Crippen molar-refractivity contribution in [2.24, 2.45) is 5.92 Å². The summed E-state index contributed by atoms with van der Waals surface area (Å²) < 4.78 is 11.8. The molecule has 27 heavy (non-hydrogen) atoms. The molecule has 1 unspecified atom stereocenters. The Hall–Kier alpha value is -2.16. The number of rotatable bonds is 9. The van der Waals surface area contributed by atoms with E-state index >= 15 is 0 Å². The highest BCUT2D eigenvalue weighted by atomic mass is 16.5. The van der Waals surface area contributed by atoms with Gasteiger partial charge in [-0.1, -0.05) is 46.8 Å². The Balaban J connectivity index is 1.77. The second-order valence-corrected chi connectivity index (χ2v) is 8.64. The zero-order chi connectivity index (χ0) is 19.9. The molecule has 0 fully saturated rings. The Morgan fingerprint density at radius 1 is 0.852 bits per heavy atom. The van der Waals surface area contributed by atoms with E-state index in [9.17, 15) is 0 Å². The normalized spacial score (nSPS) is 12.7. The first-order chi connectivity index (χ1) is 12.7. The summed E-state index contributed by atoms with van der Waals surface area (Å²) in [5.41, 5.74) is 2.55. The van der Waals surface area contributed by atoms with Gasteiger partial charge in [-0.15, -0.1) is 0 Å². The molecule has 0 aliphatic heterocycles. The molecule has 0 amide bonds. The van der Waals surface area contributed by atoms with E-state index in [0.717, 1.165) is 36.8 Å². The molecule has 0 aliphatic carbocycles. The second kappa shape index (κ2) is 9.68. The first kappa shape index (κ1) is 21.1. The Morgan fingerprint density at radius 2 is 1.44 bits per heavy atom. The lowest BCUT2D eigenvalue weighted by atomic mass is 9.87. The molecule has 0 aliphatic rings. The standard InChI is InChI=1S/C24H35NO2/c1-18(2)15-16-26-22-13-9-21(10-14-22)25-17-19(3)27-23-11-7-20(8-12-23)24(4,5)6/h7-14,18-19,25H,15-17H2,1-6H3. The average molecular weight is 370 g/mol. The largest absolute Gasteiger partial charge is 0.494 e. The monoisotopic (exact) mass is 369 g/mol. The lowest BCUT2D eigenvalue weighted by molar-refractivity contribution is 0.234. The van der Waals surface area contributed by atoms with Gasteiger partial charge in [-0.2, -0.15) is 0 Å². The van der Waals surface area contributed by atoms with E-state index in [-0.39, 0.29) is 11.5 Å². The Bertz CT molecular complexity index is 669. The highest BCUT2D eigenvalue weighted by Crippen LogP contribution is 2.24. The summed E-state index contributed by atoms with van der Waals surface area (Å²) in [5.74, 6) is 2.49. The van der Waals surface area contributed by atoms with Crippen LogP contribution < -0.4 is 14.8 Å². The van der Waals surface area contributed by atoms with Crippen LogP contribution in [0.1, 0.15) is 53.5 Å². The maximum atomic E-state index is 6.02. The van der Waals surface area contributed by atoms with Crippen LogP contribution in [-0.4, -0.2) is 19.3 Å². The summed E-state index contributed by atoms with van der Waals surface area (Å²) in [5, 5.41) is 3.42. The molecule has 2 aromatic rings. The van der Waals surface area contributed by atoms with Gasteiger partial charge in [0.2, 0.25) is 0 Å². The van der Waals surface area contributed by atoms with Gasteiger partial charge in [0.1, 0.15) is 17.6 Å². The zero-order valence-corrected chi connectivity index (χ0v) is 17.7. The van der Waals surface area contributed by atoms with E-state index in [1.165, 1.54) is 5.56 Å². The van der Waals surface area contributed by atoms with Crippen LogP contribution in [0.15, 0.2) is 48.5 Å². The lowest BCUT2D eigenvalue weighted by Crippen LogP contribution is -2.22. The molecular formula is C24H35NO2. The van der Waals surface area contributed by atoms with Crippen LogP contribution >= 0.6 is 0 Å². The Morgan fingerprint density at radius 3 is 2.00 bits per heavy atom. The van der Waals surface area contributed by atoms with E-state index < -0.39 is 0 Å². The third-order valence-electron chi connectivity index (χ3n) is 4.47. The number of hydrogen-bond acceptors (Lipinski definition) is 3. The van der Waals surface area contributed by atoms with Gasteiger partial charge in [0.15, 0.2) is 0 Å². The van der Waals surface area contributed by atoms with Crippen molar-refractivity contribution in [3.8, 4) is 11.5 Å². The highest BCUT2D eigenvalue weighted by Gasteiger charge is 2.13. The third kappa shape index (κ3) is 7.54. The number of benzene rings is 2. The van der Waals surface area contributed by atoms with Gasteiger partial charge in [-0.3, -0.25) is 0 Å². The molecule has 1 atom stereocenters. The minimum atomic E-state index is 0.0763. The molecule has 1 N–H and O–H groups in total. The third-order valence-corrected chi connectivity index (χ3v) is 4.47. The van der Waals surface area contributed by atoms with Gasteiger partial charge in [0, 0.05) is 5.69 Å². The van der Waals surface area contributed by atoms with Crippen LogP contribution in [0.5, 0.6) is 11.5 Å². The molecule has 2 rings (SSSR count). The first-order valence-electron chi connectivity index (χ1n) is 9.98. The van der Waals surface area contributed by atoms with Crippen LogP contribution in [0.3, 0.4) is 0 Å². The predicted molar refractivity (Wildman–Crippen MR) is 115 cm³/mol. The minimum absolute atomic E-state index is 0.0763. The maximum Gasteiger partial charge on any atom is 0.119 e. The Kier molecular flexibility index (Phi) is 7.58. The summed E-state index contributed by atoms with van der Waals surface area (Å²) in [7, 11) is 0. The van der Waals surface area contributed by atoms with Crippen LogP contribution in [0, 0.1) is 5.92 Å². The quantitative estimate of drug-likeness (QED) is 0.563. The summed E-state index contributed by atoms with van der Waals surface area (Å²) in [6.45, 7) is 14.7. The lowest BCUT2D eigenvalue weighted by Gasteiger charge is -2.20. The van der Waals surface area contributed by atoms with Gasteiger partial charge in [-0.05, 0) is 66.6 Å². The molecule has 148 valence electrons. The molecule has 2 aromatic carbocycles. The van der Waals surface area contributed by atoms with Crippen LogP contribution in [-0.2, 0) is 5.41 Å². The van der Waals surface area contributed by atoms with Crippen molar-refractivity contribution < 1.29 is 9.47 Å². The van der Waals surface area contributed by atoms with Crippen molar-refractivity contribution in [1.82, 2.24) is 0 Å². The van der Waals surface area contributed by atoms with Crippen molar-refractivity contribution >= 4 is 5.69 Å². The molecular weight excluding hydrogens is 334 g/mol. The number of hydrogen-bond donors (Lipinski definition) is 1. The van der Waals surface area contributed by atoms with Crippen molar-refractivity contribution in [2.75, 3.05) is 18.5 Å². The molecule has 0 spiro atoms. The molecule has 0 radical (unpaired) electrons. The smallest absolute Gasteiger partial charge is 0.119 e. The molecule has 0 heterocycles. The maximum absolute atomic E-state index is 6.02. The van der Waals surface area contributed by atoms with Crippen LogP contribution in [0.4, 0.5) is 5.69 Å². The van der Waals surface area contributed by atoms with E-state index in [0.29, 0.717) is 5.92 Å². The van der Waals surface area contributed by atoms with E-state index in [4.69, 9.17) is 9.47 Å². The molecule has 0 bridgehead atoms. The van der Waals surface area contributed by atoms with Crippen molar-refractivity contribution in [2.45, 2.75) is 59.5 Å². The summed E-state index contributed by atoms with van der Waals surface area (Å²) in [6.07, 6.45) is 1.15.